The van der Waals surface area contributed by atoms with Crippen LogP contribution in [0.5, 0.6) is 0 Å². The third-order valence-corrected chi connectivity index (χ3v) is 3.94. The second-order valence-corrected chi connectivity index (χ2v) is 5.04. The molecule has 92 valence electrons. The van der Waals surface area contributed by atoms with Gasteiger partial charge in [0, 0.05) is 6.20 Å². The lowest BCUT2D eigenvalue weighted by Crippen LogP contribution is -2.49. The van der Waals surface area contributed by atoms with Crippen LogP contribution in [0, 0.1) is 5.92 Å². The van der Waals surface area contributed by atoms with Gasteiger partial charge in [-0.1, -0.05) is 19.9 Å². The van der Waals surface area contributed by atoms with Gasteiger partial charge in [0.15, 0.2) is 0 Å². The molecule has 0 saturated carbocycles. The molecule has 0 aliphatic carbocycles. The molecule has 1 N–H and O–H groups in total. The van der Waals surface area contributed by atoms with Gasteiger partial charge in [0.25, 0.3) is 0 Å². The van der Waals surface area contributed by atoms with Crippen molar-refractivity contribution in [1.29, 1.82) is 0 Å². The highest BCUT2D eigenvalue weighted by Crippen LogP contribution is 2.35. The molecule has 4 nitrogen and oxygen atoms in total. The molecular formula is C13H19N3O. The van der Waals surface area contributed by atoms with E-state index in [2.05, 4.69) is 29.0 Å². The Morgan fingerprint density at radius 2 is 2.18 bits per heavy atom. The monoisotopic (exact) mass is 233 g/mol. The Hall–Kier alpha value is -1.42. The third-order valence-electron chi connectivity index (χ3n) is 3.94. The number of amides is 1. The Morgan fingerprint density at radius 1 is 1.47 bits per heavy atom. The number of likely N-dealkylation sites (N-methyl/N-ethyl adjacent to an activating group) is 1. The third kappa shape index (κ3) is 1.72. The van der Waals surface area contributed by atoms with Crippen LogP contribution in [0.3, 0.4) is 0 Å². The number of hydrogen-bond acceptors (Lipinski definition) is 3. The summed E-state index contributed by atoms with van der Waals surface area (Å²) in [4.78, 5) is 18.5. The van der Waals surface area contributed by atoms with E-state index >= 15 is 0 Å². The maximum absolute atomic E-state index is 12.2. The first-order chi connectivity index (χ1) is 7.98. The van der Waals surface area contributed by atoms with Crippen LogP contribution in [-0.4, -0.2) is 28.4 Å². The van der Waals surface area contributed by atoms with E-state index in [4.69, 9.17) is 0 Å². The summed E-state index contributed by atoms with van der Waals surface area (Å²) in [7, 11) is 1.97. The molecule has 0 spiro atoms. The van der Waals surface area contributed by atoms with Crippen molar-refractivity contribution < 1.29 is 4.79 Å². The van der Waals surface area contributed by atoms with Crippen LogP contribution in [0.25, 0.3) is 0 Å². The molecule has 4 heteroatoms. The van der Waals surface area contributed by atoms with Crippen molar-refractivity contribution in [1.82, 2.24) is 15.2 Å². The largest absolute Gasteiger partial charge is 0.333 e. The Kier molecular flexibility index (Phi) is 2.91. The summed E-state index contributed by atoms with van der Waals surface area (Å²) in [6, 6.07) is 5.75. The molecule has 17 heavy (non-hydrogen) atoms. The van der Waals surface area contributed by atoms with Gasteiger partial charge in [-0.05, 0) is 32.0 Å². The maximum Gasteiger partial charge on any atom is 0.242 e. The molecule has 2 rings (SSSR count). The number of aromatic nitrogens is 1. The lowest BCUT2D eigenvalue weighted by Gasteiger charge is -2.34. The van der Waals surface area contributed by atoms with Gasteiger partial charge in [-0.2, -0.15) is 0 Å². The molecule has 1 aliphatic heterocycles. The van der Waals surface area contributed by atoms with Crippen molar-refractivity contribution in [3.63, 3.8) is 0 Å². The van der Waals surface area contributed by atoms with E-state index in [-0.39, 0.29) is 18.0 Å². The summed E-state index contributed by atoms with van der Waals surface area (Å²) in [5.41, 5.74) is 0.412. The van der Waals surface area contributed by atoms with E-state index < -0.39 is 5.54 Å². The molecule has 2 heterocycles. The lowest BCUT2D eigenvalue weighted by atomic mass is 9.87. The Morgan fingerprint density at radius 3 is 2.65 bits per heavy atom. The number of hydrogen-bond donors (Lipinski definition) is 1. The quantitative estimate of drug-likeness (QED) is 0.843. The molecule has 1 fully saturated rings. The summed E-state index contributed by atoms with van der Waals surface area (Å²) < 4.78 is 0. The van der Waals surface area contributed by atoms with Crippen molar-refractivity contribution >= 4 is 5.91 Å². The smallest absolute Gasteiger partial charge is 0.242 e. The van der Waals surface area contributed by atoms with E-state index in [1.54, 1.807) is 6.20 Å². The minimum atomic E-state index is -0.470. The average Bonchev–Trinajstić information content (AvgIpc) is 2.56. The summed E-state index contributed by atoms with van der Waals surface area (Å²) >= 11 is 0. The van der Waals surface area contributed by atoms with Crippen molar-refractivity contribution in [2.24, 2.45) is 5.92 Å². The fourth-order valence-electron chi connectivity index (χ4n) is 2.27. The van der Waals surface area contributed by atoms with Gasteiger partial charge >= 0.3 is 0 Å². The second-order valence-electron chi connectivity index (χ2n) is 5.04. The highest BCUT2D eigenvalue weighted by molar-refractivity contribution is 5.88. The van der Waals surface area contributed by atoms with Crippen LogP contribution in [-0.2, 0) is 4.79 Å². The first kappa shape index (κ1) is 12.0. The predicted octanol–water partition coefficient (Wildman–Crippen LogP) is 1.56. The zero-order valence-corrected chi connectivity index (χ0v) is 10.8. The summed E-state index contributed by atoms with van der Waals surface area (Å²) in [6.45, 7) is 6.11. The van der Waals surface area contributed by atoms with Crippen LogP contribution in [0.1, 0.15) is 32.6 Å². The molecule has 0 aromatic carbocycles. The number of nitrogens with one attached hydrogen (secondary N) is 1. The topological polar surface area (TPSA) is 45.2 Å². The van der Waals surface area contributed by atoms with Gasteiger partial charge in [0.2, 0.25) is 5.91 Å². The number of carbonyl (C=O) groups excluding carboxylic acids is 1. The number of pyridine rings is 1. The summed E-state index contributed by atoms with van der Waals surface area (Å²) in [5, 5.41) is 3.02. The number of carbonyl (C=O) groups is 1. The molecular weight excluding hydrogens is 214 g/mol. The summed E-state index contributed by atoms with van der Waals surface area (Å²) in [5.74, 6) is 0.326. The molecule has 1 aliphatic rings. The van der Waals surface area contributed by atoms with Gasteiger partial charge in [-0.25, -0.2) is 0 Å². The van der Waals surface area contributed by atoms with E-state index in [0.717, 1.165) is 5.69 Å². The fourth-order valence-corrected chi connectivity index (χ4v) is 2.27. The van der Waals surface area contributed by atoms with Crippen molar-refractivity contribution in [3.05, 3.63) is 30.1 Å². The van der Waals surface area contributed by atoms with Crippen LogP contribution in [0.4, 0.5) is 0 Å². The van der Waals surface area contributed by atoms with Crippen LogP contribution in [0.2, 0.25) is 0 Å². The first-order valence-electron chi connectivity index (χ1n) is 5.92. The standard InChI is InChI=1S/C13H19N3O/c1-9(2)13(3)12(17)15-11(16(13)4)10-7-5-6-8-14-10/h5-9,11H,1-4H3,(H,15,17)/t11-,13-/m0/s1. The second kappa shape index (κ2) is 4.11. The van der Waals surface area contributed by atoms with Gasteiger partial charge in [0.05, 0.1) is 5.69 Å². The summed E-state index contributed by atoms with van der Waals surface area (Å²) in [6.07, 6.45) is 1.62. The Bertz CT molecular complexity index is 418. The Labute approximate surface area is 102 Å². The highest BCUT2D eigenvalue weighted by Gasteiger charge is 2.50. The van der Waals surface area contributed by atoms with Gasteiger partial charge < -0.3 is 5.32 Å². The average molecular weight is 233 g/mol. The highest BCUT2D eigenvalue weighted by atomic mass is 16.2. The van der Waals surface area contributed by atoms with Gasteiger partial charge in [-0.15, -0.1) is 0 Å². The molecule has 0 unspecified atom stereocenters. The van der Waals surface area contributed by atoms with Crippen LogP contribution < -0.4 is 5.32 Å². The van der Waals surface area contributed by atoms with E-state index in [1.165, 1.54) is 0 Å². The normalized spacial score (nSPS) is 29.7. The van der Waals surface area contributed by atoms with Crippen molar-refractivity contribution in [2.45, 2.75) is 32.5 Å². The lowest BCUT2D eigenvalue weighted by molar-refractivity contribution is -0.127. The number of rotatable bonds is 2. The Balaban J connectivity index is 2.34. The van der Waals surface area contributed by atoms with E-state index in [1.807, 2.05) is 32.2 Å². The van der Waals surface area contributed by atoms with Gasteiger partial charge in [-0.3, -0.25) is 14.7 Å². The molecule has 1 aromatic rings. The van der Waals surface area contributed by atoms with Gasteiger partial charge in [0.1, 0.15) is 11.7 Å². The van der Waals surface area contributed by atoms with Crippen LogP contribution >= 0.6 is 0 Å². The zero-order chi connectivity index (χ0) is 12.6. The van der Waals surface area contributed by atoms with Crippen molar-refractivity contribution in [3.8, 4) is 0 Å². The fraction of sp³-hybridized carbons (Fsp3) is 0.538. The van der Waals surface area contributed by atoms with E-state index in [9.17, 15) is 4.79 Å². The van der Waals surface area contributed by atoms with Crippen LogP contribution in [0.15, 0.2) is 24.4 Å². The molecule has 2 atom stereocenters. The van der Waals surface area contributed by atoms with E-state index in [0.29, 0.717) is 0 Å². The first-order valence-corrected chi connectivity index (χ1v) is 5.92. The SMILES string of the molecule is CC(C)[C@@]1(C)C(=O)N[C@H](c2ccccn2)N1C. The van der Waals surface area contributed by atoms with Crippen molar-refractivity contribution in [2.75, 3.05) is 7.05 Å². The predicted molar refractivity (Wildman–Crippen MR) is 66.1 cm³/mol. The molecule has 1 amide bonds. The molecule has 1 saturated heterocycles. The minimum Gasteiger partial charge on any atom is -0.333 e. The minimum absolute atomic E-state index is 0.0747. The number of nitrogens with zero attached hydrogens (tertiary/aromatic N) is 2. The zero-order valence-electron chi connectivity index (χ0n) is 10.8. The molecule has 0 radical (unpaired) electrons. The molecule has 1 aromatic heterocycles. The molecule has 0 bridgehead atoms. The maximum atomic E-state index is 12.2.